The third-order valence-corrected chi connectivity index (χ3v) is 3.58. The van der Waals surface area contributed by atoms with Gasteiger partial charge in [0.1, 0.15) is 5.56 Å². The molecular weight excluding hydrogens is 288 g/mol. The third-order valence-electron chi connectivity index (χ3n) is 3.33. The van der Waals surface area contributed by atoms with Crippen LogP contribution in [0.4, 0.5) is 0 Å². The van der Waals surface area contributed by atoms with Crippen molar-refractivity contribution in [3.05, 3.63) is 46.2 Å². The first-order chi connectivity index (χ1) is 9.82. The second kappa shape index (κ2) is 5.90. The van der Waals surface area contributed by atoms with Crippen molar-refractivity contribution in [1.29, 1.82) is 0 Å². The molecule has 0 saturated heterocycles. The van der Waals surface area contributed by atoms with Gasteiger partial charge in [0, 0.05) is 5.02 Å². The minimum atomic E-state index is -0.928. The van der Waals surface area contributed by atoms with Crippen molar-refractivity contribution >= 4 is 17.6 Å². The van der Waals surface area contributed by atoms with E-state index in [9.17, 15) is 9.90 Å². The normalized spacial score (nSPS) is 11.4. The summed E-state index contributed by atoms with van der Waals surface area (Å²) in [5.74, 6) is -0.837. The van der Waals surface area contributed by atoms with Gasteiger partial charge >= 0.3 is 5.97 Å². The molecule has 112 valence electrons. The maximum Gasteiger partial charge on any atom is 0.339 e. The van der Waals surface area contributed by atoms with Gasteiger partial charge in [-0.3, -0.25) is 0 Å². The second-order valence-electron chi connectivity index (χ2n) is 5.65. The van der Waals surface area contributed by atoms with Crippen LogP contribution in [0.3, 0.4) is 0 Å². The van der Waals surface area contributed by atoms with Gasteiger partial charge in [0.2, 0.25) is 0 Å². The SMILES string of the molecule is CC(C)c1nn(-c2ccc(Cl)cc2)c(C(C)C)c1C(=O)O. The van der Waals surface area contributed by atoms with Crippen molar-refractivity contribution in [2.45, 2.75) is 39.5 Å². The van der Waals surface area contributed by atoms with E-state index in [1.807, 2.05) is 39.8 Å². The molecule has 0 unspecified atom stereocenters. The minimum Gasteiger partial charge on any atom is -0.478 e. The van der Waals surface area contributed by atoms with Crippen molar-refractivity contribution < 1.29 is 9.90 Å². The zero-order valence-corrected chi connectivity index (χ0v) is 13.3. The maximum absolute atomic E-state index is 11.7. The monoisotopic (exact) mass is 306 g/mol. The Morgan fingerprint density at radius 2 is 1.71 bits per heavy atom. The van der Waals surface area contributed by atoms with E-state index in [-0.39, 0.29) is 11.8 Å². The summed E-state index contributed by atoms with van der Waals surface area (Å²) in [5.41, 5.74) is 2.46. The van der Waals surface area contributed by atoms with Gasteiger partial charge in [-0.05, 0) is 36.1 Å². The average molecular weight is 307 g/mol. The lowest BCUT2D eigenvalue weighted by Gasteiger charge is -2.11. The number of hydrogen-bond acceptors (Lipinski definition) is 2. The molecule has 0 aliphatic heterocycles. The number of nitrogens with zero attached hydrogens (tertiary/aromatic N) is 2. The zero-order valence-electron chi connectivity index (χ0n) is 12.6. The van der Waals surface area contributed by atoms with Gasteiger partial charge in [0.25, 0.3) is 0 Å². The second-order valence-corrected chi connectivity index (χ2v) is 6.08. The van der Waals surface area contributed by atoms with E-state index < -0.39 is 5.97 Å². The van der Waals surface area contributed by atoms with Gasteiger partial charge < -0.3 is 5.11 Å². The van der Waals surface area contributed by atoms with Crippen molar-refractivity contribution in [2.75, 3.05) is 0 Å². The summed E-state index contributed by atoms with van der Waals surface area (Å²) in [6.07, 6.45) is 0. The molecular formula is C16H19ClN2O2. The van der Waals surface area contributed by atoms with E-state index in [1.54, 1.807) is 16.8 Å². The molecule has 0 aliphatic carbocycles. The Hall–Kier alpha value is -1.81. The van der Waals surface area contributed by atoms with Crippen LogP contribution in [0.15, 0.2) is 24.3 Å². The van der Waals surface area contributed by atoms with Gasteiger partial charge in [-0.25, -0.2) is 9.48 Å². The summed E-state index contributed by atoms with van der Waals surface area (Å²) >= 11 is 5.92. The molecule has 2 aromatic rings. The Labute approximate surface area is 129 Å². The van der Waals surface area contributed by atoms with Crippen molar-refractivity contribution in [2.24, 2.45) is 0 Å². The smallest absolute Gasteiger partial charge is 0.339 e. The Balaban J connectivity index is 2.73. The fraction of sp³-hybridized carbons (Fsp3) is 0.375. The first kappa shape index (κ1) is 15.6. The number of carbonyl (C=O) groups is 1. The van der Waals surface area contributed by atoms with Crippen LogP contribution in [-0.4, -0.2) is 20.9 Å². The van der Waals surface area contributed by atoms with Gasteiger partial charge in [0.15, 0.2) is 0 Å². The number of benzene rings is 1. The molecule has 4 nitrogen and oxygen atoms in total. The predicted molar refractivity (Wildman–Crippen MR) is 83.7 cm³/mol. The van der Waals surface area contributed by atoms with Gasteiger partial charge in [0.05, 0.1) is 17.1 Å². The molecule has 1 N–H and O–H groups in total. The van der Waals surface area contributed by atoms with Crippen LogP contribution in [0.1, 0.15) is 61.3 Å². The topological polar surface area (TPSA) is 55.1 Å². The highest BCUT2D eigenvalue weighted by Crippen LogP contribution is 2.30. The number of aromatic carboxylic acids is 1. The summed E-state index contributed by atoms with van der Waals surface area (Å²) in [6, 6.07) is 7.24. The van der Waals surface area contributed by atoms with Crippen LogP contribution >= 0.6 is 11.6 Å². The highest BCUT2D eigenvalue weighted by Gasteiger charge is 2.27. The van der Waals surface area contributed by atoms with Gasteiger partial charge in [-0.2, -0.15) is 5.10 Å². The number of aromatic nitrogens is 2. The van der Waals surface area contributed by atoms with E-state index in [4.69, 9.17) is 11.6 Å². The quantitative estimate of drug-likeness (QED) is 0.906. The molecule has 0 saturated carbocycles. The first-order valence-corrected chi connectivity index (χ1v) is 7.32. The first-order valence-electron chi connectivity index (χ1n) is 6.95. The lowest BCUT2D eigenvalue weighted by atomic mass is 9.99. The molecule has 0 atom stereocenters. The predicted octanol–water partition coefficient (Wildman–Crippen LogP) is 4.47. The van der Waals surface area contributed by atoms with Gasteiger partial charge in [-0.15, -0.1) is 0 Å². The molecule has 0 bridgehead atoms. The Bertz CT molecular complexity index is 658. The number of carboxylic acids is 1. The maximum atomic E-state index is 11.7. The molecule has 21 heavy (non-hydrogen) atoms. The molecule has 0 aliphatic rings. The number of hydrogen-bond donors (Lipinski definition) is 1. The summed E-state index contributed by atoms with van der Waals surface area (Å²) in [7, 11) is 0. The summed E-state index contributed by atoms with van der Waals surface area (Å²) in [6.45, 7) is 7.84. The third kappa shape index (κ3) is 2.95. The van der Waals surface area contributed by atoms with E-state index in [0.29, 0.717) is 22.0 Å². The van der Waals surface area contributed by atoms with Crippen LogP contribution in [0, 0.1) is 0 Å². The summed E-state index contributed by atoms with van der Waals surface area (Å²) in [5, 5.41) is 14.8. The molecule has 0 fully saturated rings. The van der Waals surface area contributed by atoms with Crippen LogP contribution in [0.25, 0.3) is 5.69 Å². The Morgan fingerprint density at radius 3 is 2.14 bits per heavy atom. The van der Waals surface area contributed by atoms with E-state index in [1.165, 1.54) is 0 Å². The Kier molecular flexibility index (Phi) is 4.37. The molecule has 1 aromatic heterocycles. The standard InChI is InChI=1S/C16H19ClN2O2/c1-9(2)14-13(16(20)21)15(10(3)4)19(18-14)12-7-5-11(17)6-8-12/h5-10H,1-4H3,(H,20,21). The zero-order chi connectivity index (χ0) is 15.7. The van der Waals surface area contributed by atoms with E-state index >= 15 is 0 Å². The average Bonchev–Trinajstić information content (AvgIpc) is 2.80. The summed E-state index contributed by atoms with van der Waals surface area (Å²) < 4.78 is 1.72. The van der Waals surface area contributed by atoms with Crippen LogP contribution in [0.5, 0.6) is 0 Å². The van der Waals surface area contributed by atoms with Crippen LogP contribution in [-0.2, 0) is 0 Å². The Morgan fingerprint density at radius 1 is 1.14 bits per heavy atom. The number of halogens is 1. The fourth-order valence-electron chi connectivity index (χ4n) is 2.38. The summed E-state index contributed by atoms with van der Waals surface area (Å²) in [4.78, 5) is 11.7. The van der Waals surface area contributed by atoms with E-state index in [2.05, 4.69) is 5.10 Å². The number of carboxylic acid groups (broad SMARTS) is 1. The molecule has 0 amide bonds. The molecule has 1 aromatic carbocycles. The van der Waals surface area contributed by atoms with Crippen LogP contribution < -0.4 is 0 Å². The largest absolute Gasteiger partial charge is 0.478 e. The number of rotatable bonds is 4. The van der Waals surface area contributed by atoms with E-state index in [0.717, 1.165) is 5.69 Å². The van der Waals surface area contributed by atoms with Crippen molar-refractivity contribution in [3.8, 4) is 5.69 Å². The molecule has 0 radical (unpaired) electrons. The van der Waals surface area contributed by atoms with Crippen LogP contribution in [0.2, 0.25) is 5.02 Å². The van der Waals surface area contributed by atoms with Gasteiger partial charge in [-0.1, -0.05) is 39.3 Å². The molecule has 2 rings (SSSR count). The fourth-order valence-corrected chi connectivity index (χ4v) is 2.51. The van der Waals surface area contributed by atoms with Crippen molar-refractivity contribution in [1.82, 2.24) is 9.78 Å². The van der Waals surface area contributed by atoms with Crippen molar-refractivity contribution in [3.63, 3.8) is 0 Å². The highest BCUT2D eigenvalue weighted by atomic mass is 35.5. The lowest BCUT2D eigenvalue weighted by Crippen LogP contribution is -2.08. The molecule has 1 heterocycles. The highest BCUT2D eigenvalue weighted by molar-refractivity contribution is 6.30. The molecule has 0 spiro atoms. The minimum absolute atomic E-state index is 0.0437. The molecule has 5 heteroatoms. The lowest BCUT2D eigenvalue weighted by molar-refractivity contribution is 0.0693.